The van der Waals surface area contributed by atoms with E-state index in [1.54, 1.807) is 23.9 Å². The number of thioether (sulfide) groups is 1. The lowest BCUT2D eigenvalue weighted by Crippen LogP contribution is -1.99. The van der Waals surface area contributed by atoms with Crippen molar-refractivity contribution in [3.63, 3.8) is 0 Å². The average molecular weight is 313 g/mol. The maximum Gasteiger partial charge on any atom is 0.196 e. The van der Waals surface area contributed by atoms with Gasteiger partial charge in [0.05, 0.1) is 0 Å². The van der Waals surface area contributed by atoms with E-state index in [0.29, 0.717) is 0 Å². The van der Waals surface area contributed by atoms with Gasteiger partial charge in [-0.15, -0.1) is 10.2 Å². The molecular formula is C17H16FN3S. The van der Waals surface area contributed by atoms with Crippen LogP contribution in [0.3, 0.4) is 0 Å². The van der Waals surface area contributed by atoms with Gasteiger partial charge in [-0.1, -0.05) is 41.6 Å². The fourth-order valence-corrected chi connectivity index (χ4v) is 3.21. The molecule has 112 valence electrons. The molecule has 1 heterocycles. The van der Waals surface area contributed by atoms with Crippen molar-refractivity contribution in [2.24, 2.45) is 0 Å². The third-order valence-corrected chi connectivity index (χ3v) is 4.33. The number of aryl methyl sites for hydroxylation is 2. The van der Waals surface area contributed by atoms with Gasteiger partial charge in [0.2, 0.25) is 0 Å². The number of nitrogens with zero attached hydrogens (tertiary/aromatic N) is 3. The predicted octanol–water partition coefficient (Wildman–Crippen LogP) is 4.32. The Hall–Kier alpha value is -2.14. The van der Waals surface area contributed by atoms with Crippen LogP contribution < -0.4 is 0 Å². The second kappa shape index (κ2) is 6.32. The molecule has 0 N–H and O–H groups in total. The molecule has 0 unspecified atom stereocenters. The van der Waals surface area contributed by atoms with Crippen LogP contribution in [0.1, 0.15) is 17.0 Å². The van der Waals surface area contributed by atoms with Crippen molar-refractivity contribution in [2.45, 2.75) is 24.8 Å². The first-order valence-corrected chi connectivity index (χ1v) is 7.98. The molecule has 3 nitrogen and oxygen atoms in total. The fourth-order valence-electron chi connectivity index (χ4n) is 2.27. The third kappa shape index (κ3) is 3.20. The molecule has 0 atom stereocenters. The molecule has 1 aromatic heterocycles. The lowest BCUT2D eigenvalue weighted by molar-refractivity contribution is 0.627. The second-order valence-corrected chi connectivity index (χ2v) is 6.06. The average Bonchev–Trinajstić information content (AvgIpc) is 2.87. The number of halogens is 1. The highest BCUT2D eigenvalue weighted by Gasteiger charge is 2.11. The van der Waals surface area contributed by atoms with Gasteiger partial charge in [0.1, 0.15) is 11.6 Å². The van der Waals surface area contributed by atoms with Gasteiger partial charge in [0.15, 0.2) is 5.16 Å². The zero-order valence-corrected chi connectivity index (χ0v) is 13.3. The molecule has 5 heteroatoms. The van der Waals surface area contributed by atoms with Gasteiger partial charge in [-0.3, -0.25) is 4.57 Å². The largest absolute Gasteiger partial charge is 0.274 e. The molecule has 0 saturated carbocycles. The summed E-state index contributed by atoms with van der Waals surface area (Å²) in [6.45, 7) is 3.98. The Morgan fingerprint density at radius 3 is 2.55 bits per heavy atom. The van der Waals surface area contributed by atoms with E-state index in [-0.39, 0.29) is 5.82 Å². The maximum atomic E-state index is 13.1. The normalized spacial score (nSPS) is 10.9. The highest BCUT2D eigenvalue weighted by Crippen LogP contribution is 2.25. The molecule has 0 amide bonds. The summed E-state index contributed by atoms with van der Waals surface area (Å²) in [4.78, 5) is 0. The minimum Gasteiger partial charge on any atom is -0.274 e. The molecule has 0 aliphatic carbocycles. The Balaban J connectivity index is 1.84. The maximum absolute atomic E-state index is 13.1. The zero-order chi connectivity index (χ0) is 15.5. The fraction of sp³-hybridized carbons (Fsp3) is 0.176. The molecule has 0 aliphatic rings. The molecule has 3 aromatic rings. The number of rotatable bonds is 4. The van der Waals surface area contributed by atoms with E-state index >= 15 is 0 Å². The summed E-state index contributed by atoms with van der Waals surface area (Å²) >= 11 is 1.62. The topological polar surface area (TPSA) is 30.7 Å². The van der Waals surface area contributed by atoms with Crippen molar-refractivity contribution in [1.82, 2.24) is 14.8 Å². The van der Waals surface area contributed by atoms with E-state index in [1.807, 2.05) is 11.5 Å². The first kappa shape index (κ1) is 14.8. The predicted molar refractivity (Wildman–Crippen MR) is 86.8 cm³/mol. The summed E-state index contributed by atoms with van der Waals surface area (Å²) in [6, 6.07) is 14.8. The SMILES string of the molecule is Cc1cccc(CSc2nnc(C)n2-c2ccc(F)cc2)c1. The molecule has 3 rings (SSSR count). The van der Waals surface area contributed by atoms with Crippen molar-refractivity contribution >= 4 is 11.8 Å². The minimum absolute atomic E-state index is 0.247. The van der Waals surface area contributed by atoms with Crippen LogP contribution in [0.4, 0.5) is 4.39 Å². The van der Waals surface area contributed by atoms with Crippen LogP contribution in [-0.4, -0.2) is 14.8 Å². The van der Waals surface area contributed by atoms with E-state index < -0.39 is 0 Å². The molecule has 2 aromatic carbocycles. The Morgan fingerprint density at radius 2 is 1.82 bits per heavy atom. The highest BCUT2D eigenvalue weighted by molar-refractivity contribution is 7.98. The van der Waals surface area contributed by atoms with Crippen LogP contribution in [-0.2, 0) is 5.75 Å². The van der Waals surface area contributed by atoms with Crippen molar-refractivity contribution in [1.29, 1.82) is 0 Å². The van der Waals surface area contributed by atoms with Crippen molar-refractivity contribution in [2.75, 3.05) is 0 Å². The molecule has 0 saturated heterocycles. The smallest absolute Gasteiger partial charge is 0.196 e. The minimum atomic E-state index is -0.247. The number of aromatic nitrogens is 3. The van der Waals surface area contributed by atoms with E-state index in [2.05, 4.69) is 41.4 Å². The van der Waals surface area contributed by atoms with E-state index in [0.717, 1.165) is 22.4 Å². The first-order chi connectivity index (χ1) is 10.6. The van der Waals surface area contributed by atoms with Gasteiger partial charge in [-0.2, -0.15) is 0 Å². The van der Waals surface area contributed by atoms with Gasteiger partial charge >= 0.3 is 0 Å². The Labute approximate surface area is 133 Å². The lowest BCUT2D eigenvalue weighted by Gasteiger charge is -2.08. The van der Waals surface area contributed by atoms with Crippen LogP contribution in [0.5, 0.6) is 0 Å². The Morgan fingerprint density at radius 1 is 1.05 bits per heavy atom. The van der Waals surface area contributed by atoms with Crippen LogP contribution in [0.2, 0.25) is 0 Å². The van der Waals surface area contributed by atoms with Crippen LogP contribution in [0.25, 0.3) is 5.69 Å². The first-order valence-electron chi connectivity index (χ1n) is 7.00. The van der Waals surface area contributed by atoms with Crippen LogP contribution in [0.15, 0.2) is 53.7 Å². The molecule has 0 bridgehead atoms. The number of hydrogen-bond acceptors (Lipinski definition) is 3. The summed E-state index contributed by atoms with van der Waals surface area (Å²) in [7, 11) is 0. The van der Waals surface area contributed by atoms with Gasteiger partial charge in [-0.25, -0.2) is 4.39 Å². The Bertz CT molecular complexity index is 781. The third-order valence-electron chi connectivity index (χ3n) is 3.33. The molecular weight excluding hydrogens is 297 g/mol. The van der Waals surface area contributed by atoms with Crippen LogP contribution >= 0.6 is 11.8 Å². The van der Waals surface area contributed by atoms with E-state index in [1.165, 1.54) is 23.3 Å². The molecule has 0 aliphatic heterocycles. The van der Waals surface area contributed by atoms with Gasteiger partial charge in [0.25, 0.3) is 0 Å². The zero-order valence-electron chi connectivity index (χ0n) is 12.5. The highest BCUT2D eigenvalue weighted by atomic mass is 32.2. The van der Waals surface area contributed by atoms with E-state index in [4.69, 9.17) is 0 Å². The van der Waals surface area contributed by atoms with E-state index in [9.17, 15) is 4.39 Å². The standard InChI is InChI=1S/C17H16FN3S/c1-12-4-3-5-14(10-12)11-22-17-20-19-13(2)21(17)16-8-6-15(18)7-9-16/h3-10H,11H2,1-2H3. The lowest BCUT2D eigenvalue weighted by atomic mass is 10.2. The number of benzene rings is 2. The van der Waals surface area contributed by atoms with Crippen LogP contribution in [0, 0.1) is 19.7 Å². The van der Waals surface area contributed by atoms with Gasteiger partial charge < -0.3 is 0 Å². The second-order valence-electron chi connectivity index (χ2n) is 5.12. The summed E-state index contributed by atoms with van der Waals surface area (Å²) in [5, 5.41) is 9.19. The van der Waals surface area contributed by atoms with Crippen molar-refractivity contribution < 1.29 is 4.39 Å². The van der Waals surface area contributed by atoms with Gasteiger partial charge in [-0.05, 0) is 43.7 Å². The van der Waals surface area contributed by atoms with Gasteiger partial charge in [0, 0.05) is 11.4 Å². The summed E-state index contributed by atoms with van der Waals surface area (Å²) < 4.78 is 15.0. The van der Waals surface area contributed by atoms with Crippen molar-refractivity contribution in [3.8, 4) is 5.69 Å². The summed E-state index contributed by atoms with van der Waals surface area (Å²) in [5.41, 5.74) is 3.36. The quantitative estimate of drug-likeness (QED) is 0.672. The molecule has 0 fully saturated rings. The monoisotopic (exact) mass is 313 g/mol. The summed E-state index contributed by atoms with van der Waals surface area (Å²) in [5.74, 6) is 1.36. The molecule has 22 heavy (non-hydrogen) atoms. The molecule has 0 spiro atoms. The number of hydrogen-bond donors (Lipinski definition) is 0. The Kier molecular flexibility index (Phi) is 4.24. The van der Waals surface area contributed by atoms with Crippen molar-refractivity contribution in [3.05, 3.63) is 71.3 Å². The molecule has 0 radical (unpaired) electrons. The summed E-state index contributed by atoms with van der Waals surface area (Å²) in [6.07, 6.45) is 0.